The van der Waals surface area contributed by atoms with Crippen molar-refractivity contribution in [2.45, 2.75) is 38.7 Å². The lowest BCUT2D eigenvalue weighted by atomic mass is 10.1. The first-order chi connectivity index (χ1) is 8.29. The Morgan fingerprint density at radius 2 is 2.29 bits per heavy atom. The van der Waals surface area contributed by atoms with Crippen LogP contribution in [-0.4, -0.2) is 19.3 Å². The summed E-state index contributed by atoms with van der Waals surface area (Å²) in [5.74, 6) is 0. The lowest BCUT2D eigenvalue weighted by Gasteiger charge is -2.23. The molecule has 0 saturated carbocycles. The van der Waals surface area contributed by atoms with Gasteiger partial charge in [0.15, 0.2) is 0 Å². The van der Waals surface area contributed by atoms with Crippen LogP contribution >= 0.6 is 15.9 Å². The fourth-order valence-electron chi connectivity index (χ4n) is 2.22. The molecule has 3 heteroatoms. The zero-order valence-electron chi connectivity index (χ0n) is 10.3. The zero-order valence-corrected chi connectivity index (χ0v) is 11.9. The topological polar surface area (TPSA) is 21.3 Å². The van der Waals surface area contributed by atoms with Crippen LogP contribution in [0.2, 0.25) is 0 Å². The Balaban J connectivity index is 1.93. The highest BCUT2D eigenvalue weighted by molar-refractivity contribution is 9.10. The van der Waals surface area contributed by atoms with E-state index in [-0.39, 0.29) is 0 Å². The molecule has 17 heavy (non-hydrogen) atoms. The monoisotopic (exact) mass is 297 g/mol. The molecule has 1 unspecified atom stereocenters. The van der Waals surface area contributed by atoms with Gasteiger partial charge >= 0.3 is 0 Å². The minimum absolute atomic E-state index is 0.386. The second kappa shape index (κ2) is 6.41. The number of anilines is 1. The van der Waals surface area contributed by atoms with E-state index in [2.05, 4.69) is 46.4 Å². The van der Waals surface area contributed by atoms with Crippen LogP contribution in [0.4, 0.5) is 5.69 Å². The van der Waals surface area contributed by atoms with Gasteiger partial charge in [-0.1, -0.05) is 22.9 Å². The van der Waals surface area contributed by atoms with Gasteiger partial charge in [-0.3, -0.25) is 0 Å². The van der Waals surface area contributed by atoms with Crippen molar-refractivity contribution >= 4 is 21.6 Å². The van der Waals surface area contributed by atoms with E-state index in [1.807, 2.05) is 0 Å². The van der Waals surface area contributed by atoms with E-state index in [9.17, 15) is 0 Å². The maximum Gasteiger partial charge on any atom is 0.0747 e. The normalized spacial score (nSPS) is 20.2. The number of hydrogen-bond acceptors (Lipinski definition) is 2. The largest absolute Gasteiger partial charge is 0.382 e. The molecule has 0 amide bonds. The molecule has 0 aromatic heterocycles. The molecule has 0 spiro atoms. The predicted molar refractivity (Wildman–Crippen MR) is 75.6 cm³/mol. The second-order valence-electron chi connectivity index (χ2n) is 4.52. The van der Waals surface area contributed by atoms with Gasteiger partial charge in [0, 0.05) is 23.3 Å². The molecule has 1 aliphatic heterocycles. The lowest BCUT2D eigenvalue weighted by Crippen LogP contribution is -2.27. The molecule has 94 valence electrons. The number of hydrogen-bond donors (Lipinski definition) is 1. The second-order valence-corrected chi connectivity index (χ2v) is 5.44. The highest BCUT2D eigenvalue weighted by Crippen LogP contribution is 2.22. The van der Waals surface area contributed by atoms with Crippen molar-refractivity contribution in [3.63, 3.8) is 0 Å². The zero-order chi connectivity index (χ0) is 12.1. The van der Waals surface area contributed by atoms with Crippen molar-refractivity contribution < 1.29 is 4.74 Å². The van der Waals surface area contributed by atoms with E-state index >= 15 is 0 Å². The Kier molecular flexibility index (Phi) is 4.86. The third-order valence-electron chi connectivity index (χ3n) is 3.24. The van der Waals surface area contributed by atoms with Gasteiger partial charge in [0.2, 0.25) is 0 Å². The van der Waals surface area contributed by atoms with E-state index in [1.54, 1.807) is 0 Å². The Bertz CT molecular complexity index is 361. The van der Waals surface area contributed by atoms with Crippen LogP contribution in [0.1, 0.15) is 31.7 Å². The number of rotatable bonds is 4. The summed E-state index contributed by atoms with van der Waals surface area (Å²) < 4.78 is 6.87. The molecule has 0 aliphatic carbocycles. The summed E-state index contributed by atoms with van der Waals surface area (Å²) in [6.07, 6.45) is 5.14. The molecule has 1 aromatic rings. The van der Waals surface area contributed by atoms with Gasteiger partial charge in [0.1, 0.15) is 0 Å². The fourth-order valence-corrected chi connectivity index (χ4v) is 2.63. The van der Waals surface area contributed by atoms with Crippen LogP contribution in [0.25, 0.3) is 0 Å². The quantitative estimate of drug-likeness (QED) is 0.907. The molecule has 0 bridgehead atoms. The van der Waals surface area contributed by atoms with Gasteiger partial charge in [-0.25, -0.2) is 0 Å². The SMILES string of the molecule is CCc1cc(Br)ccc1NCC1CCCCO1. The minimum Gasteiger partial charge on any atom is -0.382 e. The molecule has 2 nitrogen and oxygen atoms in total. The minimum atomic E-state index is 0.386. The Labute approximate surface area is 112 Å². The van der Waals surface area contributed by atoms with E-state index < -0.39 is 0 Å². The van der Waals surface area contributed by atoms with Gasteiger partial charge in [-0.05, 0) is 49.4 Å². The molecule has 1 N–H and O–H groups in total. The average molecular weight is 298 g/mol. The first-order valence-electron chi connectivity index (χ1n) is 6.43. The highest BCUT2D eigenvalue weighted by atomic mass is 79.9. The van der Waals surface area contributed by atoms with E-state index in [0.717, 1.165) is 24.0 Å². The lowest BCUT2D eigenvalue weighted by molar-refractivity contribution is 0.0247. The van der Waals surface area contributed by atoms with Gasteiger partial charge in [0.25, 0.3) is 0 Å². The van der Waals surface area contributed by atoms with Crippen LogP contribution in [0.5, 0.6) is 0 Å². The van der Waals surface area contributed by atoms with Crippen molar-refractivity contribution in [1.29, 1.82) is 0 Å². The molecule has 1 saturated heterocycles. The van der Waals surface area contributed by atoms with Gasteiger partial charge < -0.3 is 10.1 Å². The maximum absolute atomic E-state index is 5.73. The molecule has 1 aromatic carbocycles. The molecular formula is C14H20BrNO. The fraction of sp³-hybridized carbons (Fsp3) is 0.571. The molecule has 2 rings (SSSR count). The Morgan fingerprint density at radius 3 is 3.00 bits per heavy atom. The van der Waals surface area contributed by atoms with E-state index in [4.69, 9.17) is 4.74 Å². The van der Waals surface area contributed by atoms with Crippen molar-refractivity contribution in [2.75, 3.05) is 18.5 Å². The first-order valence-corrected chi connectivity index (χ1v) is 7.23. The van der Waals surface area contributed by atoms with Gasteiger partial charge in [-0.2, -0.15) is 0 Å². The van der Waals surface area contributed by atoms with Crippen molar-refractivity contribution in [3.8, 4) is 0 Å². The van der Waals surface area contributed by atoms with E-state index in [0.29, 0.717) is 6.10 Å². The van der Waals surface area contributed by atoms with Crippen molar-refractivity contribution in [2.24, 2.45) is 0 Å². The summed E-state index contributed by atoms with van der Waals surface area (Å²) >= 11 is 3.51. The van der Waals surface area contributed by atoms with Crippen LogP contribution in [-0.2, 0) is 11.2 Å². The molecule has 1 atom stereocenters. The number of aryl methyl sites for hydroxylation is 1. The number of ether oxygens (including phenoxy) is 1. The molecule has 1 fully saturated rings. The summed E-state index contributed by atoms with van der Waals surface area (Å²) in [5.41, 5.74) is 2.60. The molecule has 1 aliphatic rings. The van der Waals surface area contributed by atoms with Crippen molar-refractivity contribution in [3.05, 3.63) is 28.2 Å². The summed E-state index contributed by atoms with van der Waals surface area (Å²) in [4.78, 5) is 0. The number of halogens is 1. The van der Waals surface area contributed by atoms with Crippen LogP contribution in [0, 0.1) is 0 Å². The van der Waals surface area contributed by atoms with Gasteiger partial charge in [0.05, 0.1) is 6.10 Å². The van der Waals surface area contributed by atoms with Crippen LogP contribution < -0.4 is 5.32 Å². The van der Waals surface area contributed by atoms with Gasteiger partial charge in [-0.15, -0.1) is 0 Å². The molecule has 1 heterocycles. The average Bonchev–Trinajstić information content (AvgIpc) is 2.38. The predicted octanol–water partition coefficient (Wildman–Crippen LogP) is 3.99. The third-order valence-corrected chi connectivity index (χ3v) is 3.74. The first kappa shape index (κ1) is 12.9. The Morgan fingerprint density at radius 1 is 1.41 bits per heavy atom. The third kappa shape index (κ3) is 3.71. The summed E-state index contributed by atoms with van der Waals surface area (Å²) in [7, 11) is 0. The molecule has 0 radical (unpaired) electrons. The standard InChI is InChI=1S/C14H20BrNO/c1-2-11-9-12(15)6-7-14(11)16-10-13-5-3-4-8-17-13/h6-7,9,13,16H,2-5,8,10H2,1H3. The Hall–Kier alpha value is -0.540. The number of benzene rings is 1. The summed E-state index contributed by atoms with van der Waals surface area (Å²) in [5, 5.41) is 3.52. The maximum atomic E-state index is 5.73. The number of nitrogens with one attached hydrogen (secondary N) is 1. The highest BCUT2D eigenvalue weighted by Gasteiger charge is 2.13. The van der Waals surface area contributed by atoms with Crippen LogP contribution in [0.3, 0.4) is 0 Å². The van der Waals surface area contributed by atoms with E-state index in [1.165, 1.54) is 30.5 Å². The van der Waals surface area contributed by atoms with Crippen LogP contribution in [0.15, 0.2) is 22.7 Å². The summed E-state index contributed by atoms with van der Waals surface area (Å²) in [6.45, 7) is 4.03. The molecular weight excluding hydrogens is 278 g/mol. The smallest absolute Gasteiger partial charge is 0.0747 e. The summed E-state index contributed by atoms with van der Waals surface area (Å²) in [6, 6.07) is 6.42. The van der Waals surface area contributed by atoms with Crippen molar-refractivity contribution in [1.82, 2.24) is 0 Å².